The fourth-order valence-corrected chi connectivity index (χ4v) is 4.32. The van der Waals surface area contributed by atoms with Gasteiger partial charge in [-0.3, -0.25) is 9.59 Å². The summed E-state index contributed by atoms with van der Waals surface area (Å²) in [5.74, 6) is 0.288. The van der Waals surface area contributed by atoms with Gasteiger partial charge in [-0.2, -0.15) is 11.8 Å². The highest BCUT2D eigenvalue weighted by Crippen LogP contribution is 2.27. The monoisotopic (exact) mass is 545 g/mol. The number of hydrogen-bond donors (Lipinski definition) is 3. The number of nitrogens with zero attached hydrogens (tertiary/aromatic N) is 1. The van der Waals surface area contributed by atoms with E-state index in [1.807, 2.05) is 25.3 Å². The van der Waals surface area contributed by atoms with Crippen LogP contribution in [0.3, 0.4) is 0 Å². The van der Waals surface area contributed by atoms with Crippen molar-refractivity contribution < 1.29 is 29.0 Å². The van der Waals surface area contributed by atoms with Crippen molar-refractivity contribution in [1.29, 1.82) is 0 Å². The Morgan fingerprint density at radius 1 is 1.08 bits per heavy atom. The molecule has 10 heteroatoms. The van der Waals surface area contributed by atoms with Crippen LogP contribution in [0.1, 0.15) is 44.4 Å². The number of carbonyl (C=O) groups excluding carboxylic acids is 3. The van der Waals surface area contributed by atoms with Gasteiger partial charge in [0.1, 0.15) is 23.4 Å². The van der Waals surface area contributed by atoms with Gasteiger partial charge in [0.15, 0.2) is 0 Å². The van der Waals surface area contributed by atoms with E-state index in [4.69, 9.17) is 9.47 Å². The number of hydrogen-bond acceptors (Lipinski definition) is 7. The molecule has 3 N–H and O–H groups in total. The van der Waals surface area contributed by atoms with Crippen LogP contribution in [0.15, 0.2) is 48.5 Å². The van der Waals surface area contributed by atoms with Crippen LogP contribution < -0.4 is 15.4 Å². The normalized spacial score (nSPS) is 12.7. The van der Waals surface area contributed by atoms with E-state index in [1.165, 1.54) is 16.7 Å². The maximum absolute atomic E-state index is 13.9. The molecule has 3 amide bonds. The summed E-state index contributed by atoms with van der Waals surface area (Å²) in [7, 11) is 1.55. The number of methoxy groups -OCH3 is 1. The molecule has 2 atom stereocenters. The van der Waals surface area contributed by atoms with E-state index in [9.17, 15) is 19.5 Å². The highest BCUT2D eigenvalue weighted by molar-refractivity contribution is 7.98. The van der Waals surface area contributed by atoms with Crippen LogP contribution in [0.2, 0.25) is 0 Å². The number of ether oxygens (including phenoxy) is 2. The zero-order chi connectivity index (χ0) is 28.3. The van der Waals surface area contributed by atoms with Crippen molar-refractivity contribution in [1.82, 2.24) is 10.2 Å². The van der Waals surface area contributed by atoms with Crippen LogP contribution in [0.4, 0.5) is 10.5 Å². The lowest BCUT2D eigenvalue weighted by Crippen LogP contribution is -2.53. The Kier molecular flexibility index (Phi) is 11.9. The molecule has 0 radical (unpaired) electrons. The maximum Gasteiger partial charge on any atom is 0.408 e. The molecule has 2 aromatic rings. The highest BCUT2D eigenvalue weighted by Gasteiger charge is 2.36. The van der Waals surface area contributed by atoms with Gasteiger partial charge in [0, 0.05) is 12.2 Å². The number of thioether (sulfide) groups is 1. The second-order valence-corrected chi connectivity index (χ2v) is 10.7. The van der Waals surface area contributed by atoms with E-state index < -0.39 is 35.6 Å². The van der Waals surface area contributed by atoms with Crippen molar-refractivity contribution in [2.45, 2.75) is 51.8 Å². The number of aryl methyl sites for hydroxylation is 1. The smallest absolute Gasteiger partial charge is 0.408 e. The van der Waals surface area contributed by atoms with Gasteiger partial charge in [-0.15, -0.1) is 0 Å². The summed E-state index contributed by atoms with van der Waals surface area (Å²) < 4.78 is 10.6. The molecule has 38 heavy (non-hydrogen) atoms. The second kappa shape index (κ2) is 14.6. The number of nitrogens with one attached hydrogen (secondary N) is 2. The molecular formula is C28H39N3O6S. The lowest BCUT2D eigenvalue weighted by atomic mass is 9.97. The van der Waals surface area contributed by atoms with Crippen molar-refractivity contribution >= 4 is 35.4 Å². The first-order valence-corrected chi connectivity index (χ1v) is 13.8. The minimum atomic E-state index is -1.06. The van der Waals surface area contributed by atoms with Crippen LogP contribution in [0.25, 0.3) is 0 Å². The summed E-state index contributed by atoms with van der Waals surface area (Å²) in [4.78, 5) is 41.6. The zero-order valence-electron chi connectivity index (χ0n) is 22.9. The molecule has 9 nitrogen and oxygen atoms in total. The summed E-state index contributed by atoms with van der Waals surface area (Å²) >= 11 is 1.53. The van der Waals surface area contributed by atoms with E-state index in [1.54, 1.807) is 64.3 Å². The number of carbonyl (C=O) groups is 3. The first kappa shape index (κ1) is 31.0. The molecule has 0 heterocycles. The van der Waals surface area contributed by atoms with Gasteiger partial charge in [0.25, 0.3) is 5.91 Å². The molecule has 0 aliphatic carbocycles. The maximum atomic E-state index is 13.9. The third-order valence-corrected chi connectivity index (χ3v) is 6.27. The summed E-state index contributed by atoms with van der Waals surface area (Å²) in [6, 6.07) is 12.1. The van der Waals surface area contributed by atoms with E-state index in [0.717, 1.165) is 5.56 Å². The number of aliphatic hydroxyl groups is 1. The molecule has 0 bridgehead atoms. The molecule has 0 spiro atoms. The third-order valence-electron chi connectivity index (χ3n) is 5.62. The largest absolute Gasteiger partial charge is 0.497 e. The topological polar surface area (TPSA) is 117 Å². The van der Waals surface area contributed by atoms with Crippen LogP contribution in [-0.2, 0) is 14.3 Å². The zero-order valence-corrected chi connectivity index (χ0v) is 23.8. The average Bonchev–Trinajstić information content (AvgIpc) is 2.86. The Hall–Kier alpha value is -3.24. The summed E-state index contributed by atoms with van der Waals surface area (Å²) in [6.07, 6.45) is 1.50. The van der Waals surface area contributed by atoms with Gasteiger partial charge in [-0.25, -0.2) is 4.79 Å². The molecule has 208 valence electrons. The fraction of sp³-hybridized carbons (Fsp3) is 0.464. The summed E-state index contributed by atoms with van der Waals surface area (Å²) in [5.41, 5.74) is 1.20. The van der Waals surface area contributed by atoms with Crippen molar-refractivity contribution in [2.75, 3.05) is 37.6 Å². The fourth-order valence-electron chi connectivity index (χ4n) is 3.85. The number of aliphatic hydroxyl groups excluding tert-OH is 1. The molecule has 0 aliphatic rings. The van der Waals surface area contributed by atoms with E-state index in [-0.39, 0.29) is 13.2 Å². The number of alkyl carbamates (subject to hydrolysis) is 1. The molecule has 0 saturated carbocycles. The van der Waals surface area contributed by atoms with Crippen LogP contribution in [0, 0.1) is 6.92 Å². The molecule has 2 rings (SSSR count). The minimum Gasteiger partial charge on any atom is -0.497 e. The lowest BCUT2D eigenvalue weighted by molar-refractivity contribution is -0.141. The van der Waals surface area contributed by atoms with Gasteiger partial charge >= 0.3 is 6.09 Å². The number of amides is 3. The molecule has 2 aromatic carbocycles. The van der Waals surface area contributed by atoms with Gasteiger partial charge in [-0.1, -0.05) is 24.3 Å². The van der Waals surface area contributed by atoms with Gasteiger partial charge in [0.05, 0.1) is 13.7 Å². The summed E-state index contributed by atoms with van der Waals surface area (Å²) in [5, 5.41) is 15.5. The van der Waals surface area contributed by atoms with Gasteiger partial charge in [0.2, 0.25) is 5.91 Å². The van der Waals surface area contributed by atoms with Gasteiger partial charge in [-0.05, 0) is 81.5 Å². The number of anilines is 1. The second-order valence-electron chi connectivity index (χ2n) is 9.71. The Labute approximate surface area is 229 Å². The Morgan fingerprint density at radius 3 is 2.29 bits per heavy atom. The van der Waals surface area contributed by atoms with Crippen molar-refractivity contribution in [3.63, 3.8) is 0 Å². The number of benzene rings is 2. The first-order chi connectivity index (χ1) is 18.0. The van der Waals surface area contributed by atoms with E-state index in [2.05, 4.69) is 10.6 Å². The first-order valence-electron chi connectivity index (χ1n) is 12.4. The molecule has 2 unspecified atom stereocenters. The van der Waals surface area contributed by atoms with Crippen molar-refractivity contribution in [3.8, 4) is 5.75 Å². The lowest BCUT2D eigenvalue weighted by Gasteiger charge is -2.34. The van der Waals surface area contributed by atoms with Crippen molar-refractivity contribution in [2.24, 2.45) is 0 Å². The molecule has 0 aliphatic heterocycles. The number of rotatable bonds is 12. The van der Waals surface area contributed by atoms with Gasteiger partial charge < -0.3 is 30.1 Å². The van der Waals surface area contributed by atoms with Crippen LogP contribution >= 0.6 is 11.8 Å². The molecule has 0 saturated heterocycles. The predicted octanol–water partition coefficient (Wildman–Crippen LogP) is 4.15. The van der Waals surface area contributed by atoms with E-state index >= 15 is 0 Å². The average molecular weight is 546 g/mol. The Balaban J connectivity index is 2.47. The SMILES string of the molecule is COc1ccc(NC(=O)C(c2ccccc2C)N(CCO)C(=O)C(CCSC)NC(=O)OC(C)(C)C)cc1. The van der Waals surface area contributed by atoms with E-state index in [0.29, 0.717) is 29.2 Å². The highest BCUT2D eigenvalue weighted by atomic mass is 32.2. The Morgan fingerprint density at radius 2 is 1.74 bits per heavy atom. The molecule has 0 aromatic heterocycles. The van der Waals surface area contributed by atoms with Crippen LogP contribution in [-0.4, -0.2) is 71.8 Å². The quantitative estimate of drug-likeness (QED) is 0.367. The Bertz CT molecular complexity index is 1070. The predicted molar refractivity (Wildman–Crippen MR) is 150 cm³/mol. The molecular weight excluding hydrogens is 506 g/mol. The molecule has 0 fully saturated rings. The standard InChI is InChI=1S/C28H39N3O6S/c1-19-9-7-8-10-22(19)24(25(33)29-20-11-13-21(36-5)14-12-20)31(16-17-32)26(34)23(15-18-38-6)30-27(35)37-28(2,3)4/h7-14,23-24,32H,15-18H2,1-6H3,(H,29,33)(H,30,35). The minimum absolute atomic E-state index is 0.111. The van der Waals surface area contributed by atoms with Crippen LogP contribution in [0.5, 0.6) is 5.75 Å². The van der Waals surface area contributed by atoms with Crippen molar-refractivity contribution in [3.05, 3.63) is 59.7 Å². The summed E-state index contributed by atoms with van der Waals surface area (Å²) in [6.45, 7) is 6.59. The third kappa shape index (κ3) is 9.25.